The van der Waals surface area contributed by atoms with E-state index >= 15 is 0 Å². The fraction of sp³-hybridized carbons (Fsp3) is 0.0800. The Morgan fingerprint density at radius 3 is 2.62 bits per heavy atom. The fourth-order valence-electron chi connectivity index (χ4n) is 3.83. The monoisotopic (exact) mass is 458 g/mol. The molecule has 5 aromatic rings. The lowest BCUT2D eigenvalue weighted by Crippen LogP contribution is -2.21. The third kappa shape index (κ3) is 3.99. The second-order valence-corrected chi connectivity index (χ2v) is 7.60. The van der Waals surface area contributed by atoms with Gasteiger partial charge in [-0.2, -0.15) is 5.10 Å². The van der Waals surface area contributed by atoms with Gasteiger partial charge in [0.1, 0.15) is 28.7 Å². The maximum Gasteiger partial charge on any atom is 0.323 e. The number of benzene rings is 2. The van der Waals surface area contributed by atoms with Gasteiger partial charge in [-0.15, -0.1) is 0 Å². The van der Waals surface area contributed by atoms with E-state index in [1.807, 2.05) is 42.2 Å². The number of pyridine rings is 1. The Labute approximate surface area is 193 Å². The summed E-state index contributed by atoms with van der Waals surface area (Å²) in [6, 6.07) is 13.6. The zero-order valence-electron chi connectivity index (χ0n) is 18.1. The summed E-state index contributed by atoms with van der Waals surface area (Å²) in [4.78, 5) is 19.9. The molecule has 0 unspecified atom stereocenters. The van der Waals surface area contributed by atoms with E-state index in [1.54, 1.807) is 24.4 Å². The number of H-pyrrole nitrogens is 1. The van der Waals surface area contributed by atoms with Crippen molar-refractivity contribution in [3.05, 3.63) is 84.8 Å². The summed E-state index contributed by atoms with van der Waals surface area (Å²) in [5.41, 5.74) is 4.13. The van der Waals surface area contributed by atoms with Crippen LogP contribution in [0.2, 0.25) is 0 Å². The van der Waals surface area contributed by atoms with Crippen molar-refractivity contribution in [2.45, 2.75) is 13.5 Å². The molecule has 5 rings (SSSR count). The van der Waals surface area contributed by atoms with E-state index in [-0.39, 0.29) is 0 Å². The number of hydrogen-bond donors (Lipinski definition) is 3. The van der Waals surface area contributed by atoms with Crippen molar-refractivity contribution >= 4 is 28.4 Å². The maximum atomic E-state index is 13.9. The molecule has 2 amide bonds. The molecule has 0 bridgehead atoms. The van der Waals surface area contributed by atoms with Crippen LogP contribution in [-0.4, -0.2) is 25.8 Å². The summed E-state index contributed by atoms with van der Waals surface area (Å²) in [5.74, 6) is -1.71. The predicted octanol–water partition coefficient (Wildman–Crippen LogP) is 6.04. The number of amides is 2. The summed E-state index contributed by atoms with van der Waals surface area (Å²) in [5, 5.41) is 10.6. The molecule has 2 aromatic carbocycles. The average molecular weight is 458 g/mol. The predicted molar refractivity (Wildman–Crippen MR) is 127 cm³/mol. The molecule has 0 fully saturated rings. The van der Waals surface area contributed by atoms with Crippen LogP contribution in [0.1, 0.15) is 6.92 Å². The summed E-state index contributed by atoms with van der Waals surface area (Å²) < 4.78 is 29.6. The molecule has 3 heterocycles. The molecule has 0 radical (unpaired) electrons. The SMILES string of the molecule is CCn1cc(-c2ccnc3[nH]ccc23)c(-c2cccc(NC(=O)Nc3c(F)cccc3F)c2)n1. The van der Waals surface area contributed by atoms with Crippen LogP contribution in [0.25, 0.3) is 33.4 Å². The van der Waals surface area contributed by atoms with Gasteiger partial charge in [0.15, 0.2) is 0 Å². The van der Waals surface area contributed by atoms with Gasteiger partial charge in [0.25, 0.3) is 0 Å². The van der Waals surface area contributed by atoms with Crippen molar-refractivity contribution in [1.82, 2.24) is 19.7 Å². The van der Waals surface area contributed by atoms with Gasteiger partial charge in [-0.1, -0.05) is 18.2 Å². The first-order valence-corrected chi connectivity index (χ1v) is 10.7. The zero-order chi connectivity index (χ0) is 23.7. The minimum Gasteiger partial charge on any atom is -0.346 e. The quantitative estimate of drug-likeness (QED) is 0.300. The number of urea groups is 1. The number of rotatable bonds is 5. The number of para-hydroxylation sites is 1. The normalized spacial score (nSPS) is 11.0. The highest BCUT2D eigenvalue weighted by molar-refractivity contribution is 6.01. The molecule has 0 saturated heterocycles. The highest BCUT2D eigenvalue weighted by Gasteiger charge is 2.17. The van der Waals surface area contributed by atoms with E-state index in [9.17, 15) is 13.6 Å². The van der Waals surface area contributed by atoms with Crippen LogP contribution in [0, 0.1) is 11.6 Å². The van der Waals surface area contributed by atoms with Gasteiger partial charge in [-0.05, 0) is 48.9 Å². The van der Waals surface area contributed by atoms with Gasteiger partial charge >= 0.3 is 6.03 Å². The van der Waals surface area contributed by atoms with Crippen molar-refractivity contribution in [3.63, 3.8) is 0 Å². The maximum absolute atomic E-state index is 13.9. The Morgan fingerprint density at radius 2 is 1.82 bits per heavy atom. The first-order chi connectivity index (χ1) is 16.5. The van der Waals surface area contributed by atoms with Gasteiger partial charge in [0.05, 0.1) is 0 Å². The van der Waals surface area contributed by atoms with Crippen molar-refractivity contribution in [2.24, 2.45) is 0 Å². The molecule has 0 saturated carbocycles. The van der Waals surface area contributed by atoms with E-state index in [4.69, 9.17) is 5.10 Å². The van der Waals surface area contributed by atoms with Crippen molar-refractivity contribution in [2.75, 3.05) is 10.6 Å². The molecule has 170 valence electrons. The summed E-state index contributed by atoms with van der Waals surface area (Å²) in [6.45, 7) is 2.69. The van der Waals surface area contributed by atoms with E-state index in [0.717, 1.165) is 45.6 Å². The Bertz CT molecular complexity index is 1490. The van der Waals surface area contributed by atoms with Crippen molar-refractivity contribution in [1.29, 1.82) is 0 Å². The van der Waals surface area contributed by atoms with E-state index in [1.165, 1.54) is 6.07 Å². The number of fused-ring (bicyclic) bond motifs is 1. The Kier molecular flexibility index (Phi) is 5.51. The molecule has 0 aliphatic heterocycles. The van der Waals surface area contributed by atoms with Crippen LogP contribution in [0.3, 0.4) is 0 Å². The number of carbonyl (C=O) groups excluding carboxylic acids is 1. The smallest absolute Gasteiger partial charge is 0.323 e. The molecule has 0 aliphatic rings. The van der Waals surface area contributed by atoms with E-state index in [2.05, 4.69) is 20.6 Å². The number of hydrogen-bond acceptors (Lipinski definition) is 3. The number of aromatic amines is 1. The molecule has 3 N–H and O–H groups in total. The second kappa shape index (κ2) is 8.78. The average Bonchev–Trinajstić information content (AvgIpc) is 3.49. The van der Waals surface area contributed by atoms with Crippen LogP contribution < -0.4 is 10.6 Å². The van der Waals surface area contributed by atoms with Gasteiger partial charge in [0.2, 0.25) is 0 Å². The second-order valence-electron chi connectivity index (χ2n) is 7.60. The molecule has 0 spiro atoms. The molecular weight excluding hydrogens is 438 g/mol. The highest BCUT2D eigenvalue weighted by Crippen LogP contribution is 2.35. The number of carbonyl (C=O) groups is 1. The molecule has 0 aliphatic carbocycles. The van der Waals surface area contributed by atoms with Crippen molar-refractivity contribution in [3.8, 4) is 22.4 Å². The largest absolute Gasteiger partial charge is 0.346 e. The van der Waals surface area contributed by atoms with E-state index < -0.39 is 23.4 Å². The summed E-state index contributed by atoms with van der Waals surface area (Å²) >= 11 is 0. The van der Waals surface area contributed by atoms with Gasteiger partial charge < -0.3 is 15.6 Å². The lowest BCUT2D eigenvalue weighted by atomic mass is 10.00. The number of nitrogens with zero attached hydrogens (tertiary/aromatic N) is 3. The number of nitrogens with one attached hydrogen (secondary N) is 3. The standard InChI is InChI=1S/C25H20F2N6O/c1-2-33-14-19(17-9-11-28-24-18(17)10-12-29-24)22(32-33)15-5-3-6-16(13-15)30-25(34)31-23-20(26)7-4-8-21(23)27/h3-14H,2H2,1H3,(H,28,29)(H2,30,31,34). The number of anilines is 2. The molecule has 3 aromatic heterocycles. The minimum atomic E-state index is -0.855. The topological polar surface area (TPSA) is 87.6 Å². The van der Waals surface area contributed by atoms with Gasteiger partial charge in [-0.3, -0.25) is 4.68 Å². The first-order valence-electron chi connectivity index (χ1n) is 10.7. The zero-order valence-corrected chi connectivity index (χ0v) is 18.1. The third-order valence-corrected chi connectivity index (χ3v) is 5.43. The van der Waals surface area contributed by atoms with Crippen LogP contribution in [0.5, 0.6) is 0 Å². The van der Waals surface area contributed by atoms with Gasteiger partial charge in [-0.25, -0.2) is 18.6 Å². The van der Waals surface area contributed by atoms with Crippen LogP contribution in [0.4, 0.5) is 25.0 Å². The van der Waals surface area contributed by atoms with Crippen LogP contribution in [0.15, 0.2) is 73.2 Å². The van der Waals surface area contributed by atoms with Crippen molar-refractivity contribution < 1.29 is 13.6 Å². The van der Waals surface area contributed by atoms with E-state index in [0.29, 0.717) is 12.2 Å². The Balaban J connectivity index is 1.48. The lowest BCUT2D eigenvalue weighted by Gasteiger charge is -2.10. The highest BCUT2D eigenvalue weighted by atomic mass is 19.1. The molecule has 0 atom stereocenters. The fourth-order valence-corrected chi connectivity index (χ4v) is 3.83. The third-order valence-electron chi connectivity index (χ3n) is 5.43. The molecular formula is C25H20F2N6O. The van der Waals surface area contributed by atoms with Gasteiger partial charge in [0, 0.05) is 47.3 Å². The van der Waals surface area contributed by atoms with Crippen LogP contribution >= 0.6 is 0 Å². The first kappa shape index (κ1) is 21.3. The molecule has 7 nitrogen and oxygen atoms in total. The minimum absolute atomic E-state index is 0.449. The molecule has 34 heavy (non-hydrogen) atoms. The number of halogens is 2. The number of aromatic nitrogens is 4. The lowest BCUT2D eigenvalue weighted by molar-refractivity contribution is 0.262. The number of aryl methyl sites for hydroxylation is 1. The Hall–Kier alpha value is -4.53. The summed E-state index contributed by atoms with van der Waals surface area (Å²) in [7, 11) is 0. The Morgan fingerprint density at radius 1 is 1.03 bits per heavy atom. The van der Waals surface area contributed by atoms with Crippen LogP contribution in [-0.2, 0) is 6.54 Å². The molecule has 9 heteroatoms. The summed E-state index contributed by atoms with van der Waals surface area (Å²) in [6.07, 6.45) is 5.56.